The minimum Gasteiger partial charge on any atom is -0.361 e. The molecule has 2 saturated heterocycles. The van der Waals surface area contributed by atoms with Crippen LogP contribution >= 0.6 is 0 Å². The molecule has 2 aliphatic rings. The zero-order chi connectivity index (χ0) is 15.6. The number of aromatic amines is 1. The Labute approximate surface area is 134 Å². The number of aromatic nitrogens is 1. The molecule has 3 heterocycles. The second kappa shape index (κ2) is 6.22. The van der Waals surface area contributed by atoms with E-state index in [-0.39, 0.29) is 12.3 Å². The Morgan fingerprint density at radius 1 is 1.17 bits per heavy atom. The summed E-state index contributed by atoms with van der Waals surface area (Å²) in [5, 5.41) is 4.06. The maximum atomic E-state index is 12.5. The van der Waals surface area contributed by atoms with E-state index in [0.717, 1.165) is 42.5 Å². The molecular formula is C17H21N3O3. The number of fused-ring (bicyclic) bond motifs is 1. The van der Waals surface area contributed by atoms with Gasteiger partial charge in [-0.25, -0.2) is 4.79 Å². The van der Waals surface area contributed by atoms with Crippen LogP contribution in [-0.2, 0) is 9.47 Å². The van der Waals surface area contributed by atoms with Crippen molar-refractivity contribution in [2.24, 2.45) is 5.92 Å². The molecule has 0 atom stereocenters. The Balaban J connectivity index is 1.37. The minimum atomic E-state index is -0.0752. The number of nitrogens with one attached hydrogen (secondary N) is 2. The summed E-state index contributed by atoms with van der Waals surface area (Å²) in [7, 11) is 0. The van der Waals surface area contributed by atoms with E-state index in [4.69, 9.17) is 9.47 Å². The van der Waals surface area contributed by atoms with Gasteiger partial charge in [-0.15, -0.1) is 0 Å². The fourth-order valence-electron chi connectivity index (χ4n) is 3.41. The van der Waals surface area contributed by atoms with E-state index < -0.39 is 0 Å². The third-order valence-electron chi connectivity index (χ3n) is 4.70. The van der Waals surface area contributed by atoms with Crippen molar-refractivity contribution in [1.29, 1.82) is 0 Å². The van der Waals surface area contributed by atoms with Crippen LogP contribution in [0.3, 0.4) is 0 Å². The molecule has 2 aliphatic heterocycles. The van der Waals surface area contributed by atoms with Gasteiger partial charge in [-0.3, -0.25) is 0 Å². The highest BCUT2D eigenvalue weighted by atomic mass is 16.7. The SMILES string of the molecule is O=C(Nc1cccc2[nH]ccc12)N1CCC(C2OCCO2)CC1. The van der Waals surface area contributed by atoms with E-state index in [2.05, 4.69) is 10.3 Å². The van der Waals surface area contributed by atoms with Gasteiger partial charge >= 0.3 is 6.03 Å². The zero-order valence-electron chi connectivity index (χ0n) is 13.0. The molecule has 1 aromatic carbocycles. The number of hydrogen-bond acceptors (Lipinski definition) is 3. The molecule has 2 fully saturated rings. The Bertz CT molecular complexity index is 685. The highest BCUT2D eigenvalue weighted by molar-refractivity contribution is 6.00. The summed E-state index contributed by atoms with van der Waals surface area (Å²) >= 11 is 0. The number of piperidine rings is 1. The van der Waals surface area contributed by atoms with Crippen LogP contribution in [0.1, 0.15) is 12.8 Å². The molecule has 0 aliphatic carbocycles. The van der Waals surface area contributed by atoms with Gasteiger partial charge in [0.05, 0.1) is 18.9 Å². The number of ether oxygens (including phenoxy) is 2. The van der Waals surface area contributed by atoms with Crippen LogP contribution in [0.4, 0.5) is 10.5 Å². The Morgan fingerprint density at radius 2 is 1.96 bits per heavy atom. The second-order valence-electron chi connectivity index (χ2n) is 6.11. The summed E-state index contributed by atoms with van der Waals surface area (Å²) in [6.45, 7) is 2.85. The van der Waals surface area contributed by atoms with Crippen LogP contribution in [0.5, 0.6) is 0 Å². The van der Waals surface area contributed by atoms with Gasteiger partial charge in [0.25, 0.3) is 0 Å². The Morgan fingerprint density at radius 3 is 2.74 bits per heavy atom. The number of benzene rings is 1. The number of rotatable bonds is 2. The highest BCUT2D eigenvalue weighted by Crippen LogP contribution is 2.27. The molecule has 0 unspecified atom stereocenters. The van der Waals surface area contributed by atoms with Gasteiger partial charge in [0.1, 0.15) is 0 Å². The van der Waals surface area contributed by atoms with E-state index in [1.807, 2.05) is 35.4 Å². The normalized spacial score (nSPS) is 20.3. The third-order valence-corrected chi connectivity index (χ3v) is 4.70. The van der Waals surface area contributed by atoms with Crippen molar-refractivity contribution < 1.29 is 14.3 Å². The van der Waals surface area contributed by atoms with Crippen LogP contribution in [0, 0.1) is 5.92 Å². The van der Waals surface area contributed by atoms with Gasteiger partial charge in [-0.1, -0.05) is 6.07 Å². The van der Waals surface area contributed by atoms with Gasteiger partial charge < -0.3 is 24.7 Å². The van der Waals surface area contributed by atoms with Crippen LogP contribution in [-0.4, -0.2) is 48.5 Å². The lowest BCUT2D eigenvalue weighted by molar-refractivity contribution is -0.0950. The summed E-state index contributed by atoms with van der Waals surface area (Å²) in [5.41, 5.74) is 1.87. The average molecular weight is 315 g/mol. The van der Waals surface area contributed by atoms with Crippen molar-refractivity contribution in [3.63, 3.8) is 0 Å². The number of nitrogens with zero attached hydrogens (tertiary/aromatic N) is 1. The average Bonchev–Trinajstić information content (AvgIpc) is 3.27. The van der Waals surface area contributed by atoms with E-state index >= 15 is 0 Å². The molecule has 6 nitrogen and oxygen atoms in total. The predicted octanol–water partition coefficient (Wildman–Crippen LogP) is 2.78. The molecule has 0 saturated carbocycles. The molecule has 23 heavy (non-hydrogen) atoms. The van der Waals surface area contributed by atoms with Crippen LogP contribution < -0.4 is 5.32 Å². The zero-order valence-corrected chi connectivity index (χ0v) is 13.0. The van der Waals surface area contributed by atoms with Crippen LogP contribution in [0.2, 0.25) is 0 Å². The van der Waals surface area contributed by atoms with E-state index in [9.17, 15) is 4.79 Å². The smallest absolute Gasteiger partial charge is 0.321 e. The van der Waals surface area contributed by atoms with Gasteiger partial charge in [-0.05, 0) is 31.0 Å². The first-order chi connectivity index (χ1) is 11.3. The lowest BCUT2D eigenvalue weighted by Crippen LogP contribution is -2.43. The second-order valence-corrected chi connectivity index (χ2v) is 6.11. The van der Waals surface area contributed by atoms with Gasteiger partial charge in [0.15, 0.2) is 6.29 Å². The standard InChI is InChI=1S/C17H21N3O3/c21-17(19-15-3-1-2-14-13(15)4-7-18-14)20-8-5-12(6-9-20)16-22-10-11-23-16/h1-4,7,12,16,18H,5-6,8-11H2,(H,19,21). The molecular weight excluding hydrogens is 294 g/mol. The molecule has 0 spiro atoms. The first-order valence-corrected chi connectivity index (χ1v) is 8.16. The number of carbonyl (C=O) groups is 1. The summed E-state index contributed by atoms with van der Waals surface area (Å²) in [6.07, 6.45) is 3.65. The molecule has 2 amide bonds. The minimum absolute atomic E-state index is 0.0367. The third kappa shape index (κ3) is 2.92. The number of H-pyrrole nitrogens is 1. The molecule has 0 bridgehead atoms. The maximum Gasteiger partial charge on any atom is 0.321 e. The molecule has 1 aromatic heterocycles. The van der Waals surface area contributed by atoms with E-state index in [1.54, 1.807) is 0 Å². The van der Waals surface area contributed by atoms with Gasteiger partial charge in [0, 0.05) is 36.1 Å². The van der Waals surface area contributed by atoms with Gasteiger partial charge in [-0.2, -0.15) is 0 Å². The molecule has 0 radical (unpaired) electrons. The lowest BCUT2D eigenvalue weighted by Gasteiger charge is -2.33. The summed E-state index contributed by atoms with van der Waals surface area (Å²) in [6, 6.07) is 7.81. The molecule has 122 valence electrons. The number of urea groups is 1. The topological polar surface area (TPSA) is 66.6 Å². The van der Waals surface area contributed by atoms with E-state index in [0.29, 0.717) is 19.1 Å². The Hall–Kier alpha value is -2.05. The fourth-order valence-corrected chi connectivity index (χ4v) is 3.41. The molecule has 6 heteroatoms. The molecule has 2 N–H and O–H groups in total. The first kappa shape index (κ1) is 14.5. The number of carbonyl (C=O) groups excluding carboxylic acids is 1. The number of amides is 2. The Kier molecular flexibility index (Phi) is 3.93. The quantitative estimate of drug-likeness (QED) is 0.895. The summed E-state index contributed by atoms with van der Waals surface area (Å²) in [5.74, 6) is 0.398. The van der Waals surface area contributed by atoms with E-state index in [1.165, 1.54) is 0 Å². The summed E-state index contributed by atoms with van der Waals surface area (Å²) < 4.78 is 11.2. The number of anilines is 1. The van der Waals surface area contributed by atoms with Crippen molar-refractivity contribution >= 4 is 22.6 Å². The predicted molar refractivity (Wildman–Crippen MR) is 87.3 cm³/mol. The van der Waals surface area contributed by atoms with Crippen LogP contribution in [0.15, 0.2) is 30.5 Å². The number of hydrogen-bond donors (Lipinski definition) is 2. The first-order valence-electron chi connectivity index (χ1n) is 8.16. The van der Waals surface area contributed by atoms with Crippen molar-refractivity contribution in [3.05, 3.63) is 30.5 Å². The molecule has 4 rings (SSSR count). The lowest BCUT2D eigenvalue weighted by atomic mass is 9.96. The highest BCUT2D eigenvalue weighted by Gasteiger charge is 2.31. The van der Waals surface area contributed by atoms with Crippen LogP contribution in [0.25, 0.3) is 10.9 Å². The summed E-state index contributed by atoms with van der Waals surface area (Å²) in [4.78, 5) is 17.5. The van der Waals surface area contributed by atoms with Crippen molar-refractivity contribution in [2.75, 3.05) is 31.6 Å². The van der Waals surface area contributed by atoms with Crippen molar-refractivity contribution in [2.45, 2.75) is 19.1 Å². The largest absolute Gasteiger partial charge is 0.361 e. The van der Waals surface area contributed by atoms with Gasteiger partial charge in [0.2, 0.25) is 0 Å². The number of likely N-dealkylation sites (tertiary alicyclic amines) is 1. The fraction of sp³-hybridized carbons (Fsp3) is 0.471. The van der Waals surface area contributed by atoms with Crippen molar-refractivity contribution in [3.8, 4) is 0 Å². The molecule has 2 aromatic rings. The maximum absolute atomic E-state index is 12.5. The monoisotopic (exact) mass is 315 g/mol. The van der Waals surface area contributed by atoms with Crippen molar-refractivity contribution in [1.82, 2.24) is 9.88 Å².